The van der Waals surface area contributed by atoms with Gasteiger partial charge in [-0.3, -0.25) is 0 Å². The third-order valence-corrected chi connectivity index (χ3v) is 4.92. The number of benzene rings is 1. The van der Waals surface area contributed by atoms with Crippen LogP contribution in [0.4, 0.5) is 0 Å². The molecule has 1 aromatic carbocycles. The Bertz CT molecular complexity index is 502. The molecule has 2 aliphatic heterocycles. The molecular weight excluding hydrogens is 320 g/mol. The predicted molar refractivity (Wildman–Crippen MR) is 80.9 cm³/mol. The monoisotopic (exact) mass is 340 g/mol. The number of ether oxygens (including phenoxy) is 2. The van der Waals surface area contributed by atoms with Crippen molar-refractivity contribution in [2.45, 2.75) is 50.9 Å². The van der Waals surface area contributed by atoms with Gasteiger partial charge in [0.1, 0.15) is 11.4 Å². The Kier molecular flexibility index (Phi) is 3.82. The first-order chi connectivity index (χ1) is 9.49. The fourth-order valence-corrected chi connectivity index (χ4v) is 3.62. The first-order valence-electron chi connectivity index (χ1n) is 7.27. The molecular formula is C16H21BrO3. The van der Waals surface area contributed by atoms with Gasteiger partial charge in [-0.05, 0) is 24.1 Å². The van der Waals surface area contributed by atoms with Crippen LogP contribution in [0.5, 0.6) is 5.75 Å². The second kappa shape index (κ2) is 5.32. The third kappa shape index (κ3) is 2.61. The van der Waals surface area contributed by atoms with Crippen LogP contribution in [-0.4, -0.2) is 23.4 Å². The highest BCUT2D eigenvalue weighted by Gasteiger charge is 2.45. The van der Waals surface area contributed by atoms with Crippen molar-refractivity contribution < 1.29 is 14.6 Å². The van der Waals surface area contributed by atoms with Gasteiger partial charge in [-0.2, -0.15) is 0 Å². The Morgan fingerprint density at radius 3 is 2.90 bits per heavy atom. The van der Waals surface area contributed by atoms with E-state index in [2.05, 4.69) is 29.8 Å². The summed E-state index contributed by atoms with van der Waals surface area (Å²) in [7, 11) is 0. The van der Waals surface area contributed by atoms with Gasteiger partial charge in [-0.15, -0.1) is 0 Å². The Labute approximate surface area is 128 Å². The topological polar surface area (TPSA) is 38.7 Å². The second-order valence-corrected chi connectivity index (χ2v) is 7.21. The summed E-state index contributed by atoms with van der Waals surface area (Å²) in [6.07, 6.45) is 2.12. The normalized spacial score (nSPS) is 33.0. The first kappa shape index (κ1) is 14.4. The average molecular weight is 341 g/mol. The van der Waals surface area contributed by atoms with Crippen LogP contribution in [0.25, 0.3) is 0 Å². The Balaban J connectivity index is 1.88. The van der Waals surface area contributed by atoms with Crippen molar-refractivity contribution in [3.8, 4) is 5.75 Å². The maximum Gasteiger partial charge on any atom is 0.126 e. The maximum atomic E-state index is 10.5. The number of hydrogen-bond acceptors (Lipinski definition) is 3. The third-order valence-electron chi connectivity index (χ3n) is 4.43. The zero-order chi connectivity index (χ0) is 14.3. The fraction of sp³-hybridized carbons (Fsp3) is 0.625. The lowest BCUT2D eigenvalue weighted by Crippen LogP contribution is -2.49. The second-order valence-electron chi connectivity index (χ2n) is 6.29. The molecule has 2 heterocycles. The number of hydrogen-bond donors (Lipinski definition) is 1. The minimum Gasteiger partial charge on any atom is -0.487 e. The SMILES string of the molecule is CC(C)C1CC2(CCO1)CC(O)c1cc(Br)ccc1O2. The predicted octanol–water partition coefficient (Wildman–Crippen LogP) is 3.84. The van der Waals surface area contributed by atoms with E-state index in [4.69, 9.17) is 9.47 Å². The van der Waals surface area contributed by atoms with E-state index in [1.54, 1.807) is 0 Å². The largest absolute Gasteiger partial charge is 0.487 e. The van der Waals surface area contributed by atoms with Crippen LogP contribution < -0.4 is 4.74 Å². The van der Waals surface area contributed by atoms with Gasteiger partial charge in [0.25, 0.3) is 0 Å². The van der Waals surface area contributed by atoms with Crippen LogP contribution in [0.2, 0.25) is 0 Å². The number of aliphatic hydroxyl groups is 1. The molecule has 0 amide bonds. The lowest BCUT2D eigenvalue weighted by atomic mass is 9.79. The molecule has 0 aromatic heterocycles. The van der Waals surface area contributed by atoms with Crippen LogP contribution in [0.1, 0.15) is 44.8 Å². The summed E-state index contributed by atoms with van der Waals surface area (Å²) in [5.41, 5.74) is 0.616. The van der Waals surface area contributed by atoms with E-state index in [0.29, 0.717) is 18.9 Å². The van der Waals surface area contributed by atoms with Gasteiger partial charge in [-0.1, -0.05) is 29.8 Å². The molecule has 3 rings (SSSR count). The van der Waals surface area contributed by atoms with Crippen LogP contribution in [-0.2, 0) is 4.74 Å². The molecule has 1 saturated heterocycles. The van der Waals surface area contributed by atoms with Gasteiger partial charge in [0.05, 0.1) is 18.8 Å². The Hall–Kier alpha value is -0.580. The van der Waals surface area contributed by atoms with Gasteiger partial charge < -0.3 is 14.6 Å². The molecule has 1 N–H and O–H groups in total. The number of fused-ring (bicyclic) bond motifs is 1. The van der Waals surface area contributed by atoms with E-state index < -0.39 is 6.10 Å². The molecule has 2 aliphatic rings. The number of halogens is 1. The summed E-state index contributed by atoms with van der Waals surface area (Å²) in [4.78, 5) is 0. The quantitative estimate of drug-likeness (QED) is 0.844. The molecule has 0 saturated carbocycles. The highest BCUT2D eigenvalue weighted by molar-refractivity contribution is 9.10. The van der Waals surface area contributed by atoms with Crippen LogP contribution in [0.3, 0.4) is 0 Å². The molecule has 20 heavy (non-hydrogen) atoms. The molecule has 1 spiro atoms. The number of rotatable bonds is 1. The molecule has 3 atom stereocenters. The zero-order valence-corrected chi connectivity index (χ0v) is 13.5. The van der Waals surface area contributed by atoms with Crippen LogP contribution in [0.15, 0.2) is 22.7 Å². The van der Waals surface area contributed by atoms with Crippen LogP contribution in [0, 0.1) is 5.92 Å². The zero-order valence-electron chi connectivity index (χ0n) is 11.9. The first-order valence-corrected chi connectivity index (χ1v) is 8.06. The molecule has 110 valence electrons. The molecule has 3 unspecified atom stereocenters. The average Bonchev–Trinajstić information content (AvgIpc) is 2.40. The van der Waals surface area contributed by atoms with Gasteiger partial charge in [0.2, 0.25) is 0 Å². The van der Waals surface area contributed by atoms with Crippen molar-refractivity contribution in [3.63, 3.8) is 0 Å². The maximum absolute atomic E-state index is 10.5. The van der Waals surface area contributed by atoms with Crippen molar-refractivity contribution in [2.24, 2.45) is 5.92 Å². The van der Waals surface area contributed by atoms with Crippen LogP contribution >= 0.6 is 15.9 Å². The van der Waals surface area contributed by atoms with E-state index in [-0.39, 0.29) is 11.7 Å². The summed E-state index contributed by atoms with van der Waals surface area (Å²) in [5.74, 6) is 1.29. The highest BCUT2D eigenvalue weighted by atomic mass is 79.9. The van der Waals surface area contributed by atoms with E-state index in [1.807, 2.05) is 18.2 Å². The molecule has 1 fully saturated rings. The molecule has 0 bridgehead atoms. The van der Waals surface area contributed by atoms with E-state index in [9.17, 15) is 5.11 Å². The number of aliphatic hydroxyl groups excluding tert-OH is 1. The fourth-order valence-electron chi connectivity index (χ4n) is 3.24. The Morgan fingerprint density at radius 2 is 2.15 bits per heavy atom. The Morgan fingerprint density at radius 1 is 1.35 bits per heavy atom. The summed E-state index contributed by atoms with van der Waals surface area (Å²) in [6, 6.07) is 5.86. The van der Waals surface area contributed by atoms with Gasteiger partial charge >= 0.3 is 0 Å². The minimum absolute atomic E-state index is 0.216. The van der Waals surface area contributed by atoms with Gasteiger partial charge in [0, 0.05) is 29.3 Å². The standard InChI is InChI=1S/C16H21BrO3/c1-10(2)15-9-16(5-6-19-15)8-13(18)12-7-11(17)3-4-14(12)20-16/h3-4,7,10,13,15,18H,5-6,8-9H2,1-2H3. The molecule has 3 nitrogen and oxygen atoms in total. The van der Waals surface area contributed by atoms with Crippen molar-refractivity contribution >= 4 is 15.9 Å². The summed E-state index contributed by atoms with van der Waals surface area (Å²) >= 11 is 3.45. The van der Waals surface area contributed by atoms with E-state index >= 15 is 0 Å². The lowest BCUT2D eigenvalue weighted by Gasteiger charge is -2.46. The van der Waals surface area contributed by atoms with Gasteiger partial charge in [-0.25, -0.2) is 0 Å². The van der Waals surface area contributed by atoms with Crippen molar-refractivity contribution in [2.75, 3.05) is 6.61 Å². The molecule has 0 aliphatic carbocycles. The molecule has 0 radical (unpaired) electrons. The summed E-state index contributed by atoms with van der Waals surface area (Å²) < 4.78 is 13.1. The molecule has 4 heteroatoms. The van der Waals surface area contributed by atoms with Crippen molar-refractivity contribution in [3.05, 3.63) is 28.2 Å². The summed E-state index contributed by atoms with van der Waals surface area (Å²) in [6.45, 7) is 5.06. The van der Waals surface area contributed by atoms with Crippen molar-refractivity contribution in [1.29, 1.82) is 0 Å². The van der Waals surface area contributed by atoms with Crippen molar-refractivity contribution in [1.82, 2.24) is 0 Å². The summed E-state index contributed by atoms with van der Waals surface area (Å²) in [5, 5.41) is 10.5. The highest BCUT2D eigenvalue weighted by Crippen LogP contribution is 2.46. The molecule has 1 aromatic rings. The van der Waals surface area contributed by atoms with E-state index in [1.165, 1.54) is 0 Å². The minimum atomic E-state index is -0.456. The lowest BCUT2D eigenvalue weighted by molar-refractivity contribution is -0.127. The van der Waals surface area contributed by atoms with E-state index in [0.717, 1.165) is 28.6 Å². The van der Waals surface area contributed by atoms with Gasteiger partial charge in [0.15, 0.2) is 0 Å². The smallest absolute Gasteiger partial charge is 0.126 e.